The van der Waals surface area contributed by atoms with Crippen LogP contribution in [0, 0.1) is 6.92 Å². The van der Waals surface area contributed by atoms with Gasteiger partial charge < -0.3 is 10.1 Å². The zero-order valence-corrected chi connectivity index (χ0v) is 11.2. The number of hydrogen-bond acceptors (Lipinski definition) is 1. The van der Waals surface area contributed by atoms with E-state index >= 15 is 0 Å². The van der Waals surface area contributed by atoms with Crippen molar-refractivity contribution in [2.75, 3.05) is 0 Å². The van der Waals surface area contributed by atoms with E-state index in [9.17, 15) is 9.90 Å². The van der Waals surface area contributed by atoms with Gasteiger partial charge in [-0.25, -0.2) is 4.79 Å². The smallest absolute Gasteiger partial charge is 0.337 e. The van der Waals surface area contributed by atoms with Gasteiger partial charge >= 0.3 is 5.97 Å². The van der Waals surface area contributed by atoms with Crippen molar-refractivity contribution in [1.29, 1.82) is 0 Å². The molecule has 2 N–H and O–H groups in total. The second kappa shape index (κ2) is 4.85. The minimum Gasteiger partial charge on any atom is -0.478 e. The van der Waals surface area contributed by atoms with Crippen molar-refractivity contribution in [2.24, 2.45) is 0 Å². The van der Waals surface area contributed by atoms with Gasteiger partial charge in [-0.2, -0.15) is 0 Å². The van der Waals surface area contributed by atoms with Crippen molar-refractivity contribution in [3.63, 3.8) is 0 Å². The predicted octanol–water partition coefficient (Wildman–Crippen LogP) is 3.77. The molecule has 1 aromatic heterocycles. The summed E-state index contributed by atoms with van der Waals surface area (Å²) in [5.74, 6) is -0.900. The number of hydrogen-bond donors (Lipinski definition) is 2. The Morgan fingerprint density at radius 3 is 2.55 bits per heavy atom. The van der Waals surface area contributed by atoms with Gasteiger partial charge in [0.05, 0.1) is 11.1 Å². The molecule has 3 nitrogen and oxygen atoms in total. The molecule has 0 aliphatic heterocycles. The Morgan fingerprint density at radius 2 is 1.85 bits per heavy atom. The molecule has 3 rings (SSSR count). The Kier molecular flexibility index (Phi) is 3.03. The number of nitrogens with one attached hydrogen (secondary N) is 1. The summed E-state index contributed by atoms with van der Waals surface area (Å²) < 4.78 is 0. The van der Waals surface area contributed by atoms with E-state index in [1.165, 1.54) is 5.56 Å². The molecule has 0 saturated carbocycles. The number of carbonyl (C=O) groups is 1. The molecule has 0 radical (unpaired) electrons. The lowest BCUT2D eigenvalue weighted by atomic mass is 10.0. The van der Waals surface area contributed by atoms with E-state index in [-0.39, 0.29) is 0 Å². The fraction of sp³-hybridized carbons (Fsp3) is 0.118. The summed E-state index contributed by atoms with van der Waals surface area (Å²) in [6.45, 7) is 1.99. The highest BCUT2D eigenvalue weighted by Crippen LogP contribution is 2.27. The van der Waals surface area contributed by atoms with Gasteiger partial charge in [-0.1, -0.05) is 42.5 Å². The Morgan fingerprint density at radius 1 is 1.10 bits per heavy atom. The number of rotatable bonds is 3. The molecule has 100 valence electrons. The van der Waals surface area contributed by atoms with E-state index < -0.39 is 5.97 Å². The number of carboxylic acids is 1. The van der Waals surface area contributed by atoms with E-state index in [0.717, 1.165) is 23.1 Å². The maximum Gasteiger partial charge on any atom is 0.337 e. The van der Waals surface area contributed by atoms with Crippen LogP contribution in [0.5, 0.6) is 0 Å². The number of aryl methyl sites for hydroxylation is 1. The van der Waals surface area contributed by atoms with Crippen molar-refractivity contribution in [3.8, 4) is 0 Å². The Labute approximate surface area is 116 Å². The third-order valence-electron chi connectivity index (χ3n) is 3.61. The molecule has 0 amide bonds. The number of benzene rings is 2. The van der Waals surface area contributed by atoms with Gasteiger partial charge in [0.25, 0.3) is 0 Å². The first kappa shape index (κ1) is 12.5. The van der Waals surface area contributed by atoms with Gasteiger partial charge in [0.15, 0.2) is 0 Å². The SMILES string of the molecule is Cc1[nH]c2c(C(=O)O)cccc2c1Cc1ccccc1. The molecule has 1 heterocycles. The summed E-state index contributed by atoms with van der Waals surface area (Å²) in [5.41, 5.74) is 4.44. The molecular formula is C17H15NO2. The molecule has 0 aliphatic carbocycles. The van der Waals surface area contributed by atoms with Crippen molar-refractivity contribution in [3.05, 3.63) is 70.9 Å². The first-order chi connectivity index (χ1) is 9.66. The molecular weight excluding hydrogens is 250 g/mol. The average molecular weight is 265 g/mol. The third-order valence-corrected chi connectivity index (χ3v) is 3.61. The minimum atomic E-state index is -0.900. The highest BCUT2D eigenvalue weighted by molar-refractivity contribution is 6.03. The lowest BCUT2D eigenvalue weighted by Crippen LogP contribution is -1.96. The normalized spacial score (nSPS) is 10.8. The number of aromatic carboxylic acids is 1. The maximum atomic E-state index is 11.3. The number of fused-ring (bicyclic) bond motifs is 1. The van der Waals surface area contributed by atoms with E-state index in [2.05, 4.69) is 17.1 Å². The Bertz CT molecular complexity index is 772. The van der Waals surface area contributed by atoms with Crippen molar-refractivity contribution in [2.45, 2.75) is 13.3 Å². The fourth-order valence-corrected chi connectivity index (χ4v) is 2.61. The van der Waals surface area contributed by atoms with Gasteiger partial charge in [-0.15, -0.1) is 0 Å². The number of para-hydroxylation sites is 1. The van der Waals surface area contributed by atoms with Crippen LogP contribution in [0.3, 0.4) is 0 Å². The predicted molar refractivity (Wildman–Crippen MR) is 79.2 cm³/mol. The van der Waals surface area contributed by atoms with Crippen LogP contribution in [-0.2, 0) is 6.42 Å². The molecule has 0 atom stereocenters. The third kappa shape index (κ3) is 2.07. The topological polar surface area (TPSA) is 53.1 Å². The first-order valence-corrected chi connectivity index (χ1v) is 6.54. The van der Waals surface area contributed by atoms with Gasteiger partial charge in [-0.3, -0.25) is 0 Å². The lowest BCUT2D eigenvalue weighted by Gasteiger charge is -2.02. The second-order valence-electron chi connectivity index (χ2n) is 4.92. The van der Waals surface area contributed by atoms with E-state index in [4.69, 9.17) is 0 Å². The van der Waals surface area contributed by atoms with E-state index in [1.807, 2.05) is 31.2 Å². The molecule has 3 aromatic rings. The van der Waals surface area contributed by atoms with Crippen LogP contribution in [0.4, 0.5) is 0 Å². The van der Waals surface area contributed by atoms with Gasteiger partial charge in [0, 0.05) is 11.1 Å². The van der Waals surface area contributed by atoms with Gasteiger partial charge in [0.1, 0.15) is 0 Å². The van der Waals surface area contributed by atoms with Gasteiger partial charge in [0.2, 0.25) is 0 Å². The van der Waals surface area contributed by atoms with E-state index in [0.29, 0.717) is 11.1 Å². The average Bonchev–Trinajstić information content (AvgIpc) is 2.76. The van der Waals surface area contributed by atoms with Crippen LogP contribution in [0.25, 0.3) is 10.9 Å². The number of aromatic amines is 1. The van der Waals surface area contributed by atoms with Crippen LogP contribution >= 0.6 is 0 Å². The maximum absolute atomic E-state index is 11.3. The summed E-state index contributed by atoms with van der Waals surface area (Å²) in [6.07, 6.45) is 0.801. The molecule has 0 fully saturated rings. The summed E-state index contributed by atoms with van der Waals surface area (Å²) in [5, 5.41) is 10.2. The number of carboxylic acid groups (broad SMARTS) is 1. The number of H-pyrrole nitrogens is 1. The van der Waals surface area contributed by atoms with Crippen LogP contribution in [0.1, 0.15) is 27.2 Å². The summed E-state index contributed by atoms with van der Waals surface area (Å²) >= 11 is 0. The summed E-state index contributed by atoms with van der Waals surface area (Å²) in [4.78, 5) is 14.5. The monoisotopic (exact) mass is 265 g/mol. The molecule has 3 heteroatoms. The highest BCUT2D eigenvalue weighted by atomic mass is 16.4. The largest absolute Gasteiger partial charge is 0.478 e. The van der Waals surface area contributed by atoms with Crippen molar-refractivity contribution in [1.82, 2.24) is 4.98 Å². The first-order valence-electron chi connectivity index (χ1n) is 6.54. The highest BCUT2D eigenvalue weighted by Gasteiger charge is 2.14. The zero-order chi connectivity index (χ0) is 14.1. The van der Waals surface area contributed by atoms with Crippen LogP contribution < -0.4 is 0 Å². The summed E-state index contributed by atoms with van der Waals surface area (Å²) in [6, 6.07) is 15.6. The van der Waals surface area contributed by atoms with Gasteiger partial charge in [-0.05, 0) is 30.5 Å². The Balaban J connectivity index is 2.14. The quantitative estimate of drug-likeness (QED) is 0.757. The summed E-state index contributed by atoms with van der Waals surface area (Å²) in [7, 11) is 0. The molecule has 0 saturated heterocycles. The van der Waals surface area contributed by atoms with Crippen molar-refractivity contribution >= 4 is 16.9 Å². The van der Waals surface area contributed by atoms with Crippen molar-refractivity contribution < 1.29 is 9.90 Å². The molecule has 20 heavy (non-hydrogen) atoms. The molecule has 0 bridgehead atoms. The standard InChI is InChI=1S/C17H15NO2/c1-11-15(10-12-6-3-2-4-7-12)13-8-5-9-14(17(19)20)16(13)18-11/h2-9,18H,10H2,1H3,(H,19,20). The molecule has 0 aliphatic rings. The second-order valence-corrected chi connectivity index (χ2v) is 4.92. The van der Waals surface area contributed by atoms with Crippen LogP contribution in [-0.4, -0.2) is 16.1 Å². The Hall–Kier alpha value is -2.55. The van der Waals surface area contributed by atoms with Crippen LogP contribution in [0.2, 0.25) is 0 Å². The molecule has 0 spiro atoms. The molecule has 0 unspecified atom stereocenters. The zero-order valence-electron chi connectivity index (χ0n) is 11.2. The number of aromatic nitrogens is 1. The molecule has 2 aromatic carbocycles. The van der Waals surface area contributed by atoms with Crippen LogP contribution in [0.15, 0.2) is 48.5 Å². The van der Waals surface area contributed by atoms with E-state index in [1.54, 1.807) is 12.1 Å². The minimum absolute atomic E-state index is 0.324. The fourth-order valence-electron chi connectivity index (χ4n) is 2.61. The lowest BCUT2D eigenvalue weighted by molar-refractivity contribution is 0.0699.